The maximum Gasteiger partial charge on any atom is 0.339 e. The average molecular weight is 382 g/mol. The SMILES string of the molecule is O=C1O[C@]2(CCN(C(=O)C3(c4ccc(Cl)cc4)CCC3)C2)c2ccccc21. The highest BCUT2D eigenvalue weighted by Crippen LogP contribution is 2.49. The van der Waals surface area contributed by atoms with E-state index in [9.17, 15) is 9.59 Å². The topological polar surface area (TPSA) is 46.6 Å². The smallest absolute Gasteiger partial charge is 0.339 e. The number of nitrogens with zero attached hydrogens (tertiary/aromatic N) is 1. The first-order valence-electron chi connectivity index (χ1n) is 9.42. The second-order valence-corrected chi connectivity index (χ2v) is 8.29. The van der Waals surface area contributed by atoms with Gasteiger partial charge >= 0.3 is 5.97 Å². The second kappa shape index (κ2) is 5.83. The van der Waals surface area contributed by atoms with Crippen LogP contribution in [0.3, 0.4) is 0 Å². The van der Waals surface area contributed by atoms with Crippen molar-refractivity contribution in [1.82, 2.24) is 4.90 Å². The standard InChI is InChI=1S/C22H20ClNO3/c23-16-8-6-15(7-9-16)21(10-3-11-21)20(26)24-13-12-22(14-24)18-5-2-1-4-17(18)19(25)27-22/h1-2,4-9H,3,10-14H2/t22-/m0/s1. The van der Waals surface area contributed by atoms with Crippen molar-refractivity contribution < 1.29 is 14.3 Å². The molecule has 2 aliphatic heterocycles. The molecule has 1 atom stereocenters. The summed E-state index contributed by atoms with van der Waals surface area (Å²) in [5, 5.41) is 0.676. The largest absolute Gasteiger partial charge is 0.449 e. The maximum atomic E-state index is 13.5. The van der Waals surface area contributed by atoms with Crippen molar-refractivity contribution in [3.8, 4) is 0 Å². The Morgan fingerprint density at radius 3 is 2.48 bits per heavy atom. The summed E-state index contributed by atoms with van der Waals surface area (Å²) in [5.74, 6) is -0.135. The fraction of sp³-hybridized carbons (Fsp3) is 0.364. The van der Waals surface area contributed by atoms with Crippen molar-refractivity contribution in [2.45, 2.75) is 36.7 Å². The second-order valence-electron chi connectivity index (χ2n) is 7.85. The van der Waals surface area contributed by atoms with Gasteiger partial charge in [0.05, 0.1) is 17.5 Å². The van der Waals surface area contributed by atoms with Gasteiger partial charge in [-0.2, -0.15) is 0 Å². The number of halogens is 1. The summed E-state index contributed by atoms with van der Waals surface area (Å²) in [4.78, 5) is 27.7. The van der Waals surface area contributed by atoms with Crippen molar-refractivity contribution in [3.63, 3.8) is 0 Å². The Morgan fingerprint density at radius 2 is 1.78 bits per heavy atom. The lowest BCUT2D eigenvalue weighted by Crippen LogP contribution is -2.51. The number of carbonyl (C=O) groups is 2. The molecule has 5 rings (SSSR count). The number of ether oxygens (including phenoxy) is 1. The summed E-state index contributed by atoms with van der Waals surface area (Å²) < 4.78 is 5.80. The average Bonchev–Trinajstić information content (AvgIpc) is 3.18. The van der Waals surface area contributed by atoms with Gasteiger partial charge in [0.15, 0.2) is 5.60 Å². The number of carbonyl (C=O) groups excluding carboxylic acids is 2. The van der Waals surface area contributed by atoms with E-state index in [0.717, 1.165) is 30.4 Å². The summed E-state index contributed by atoms with van der Waals surface area (Å²) in [6, 6.07) is 15.2. The Morgan fingerprint density at radius 1 is 1.04 bits per heavy atom. The van der Waals surface area contributed by atoms with Crippen LogP contribution in [0, 0.1) is 0 Å². The summed E-state index contributed by atoms with van der Waals surface area (Å²) in [7, 11) is 0. The quantitative estimate of drug-likeness (QED) is 0.737. The Labute approximate surface area is 163 Å². The van der Waals surface area contributed by atoms with Gasteiger partial charge in [-0.15, -0.1) is 0 Å². The normalized spacial score (nSPS) is 25.2. The molecule has 1 spiro atoms. The third-order valence-corrected chi connectivity index (χ3v) is 6.71. The number of rotatable bonds is 2. The third-order valence-electron chi connectivity index (χ3n) is 6.46. The molecule has 0 N–H and O–H groups in total. The predicted octanol–water partition coefficient (Wildman–Crippen LogP) is 4.06. The summed E-state index contributed by atoms with van der Waals surface area (Å²) in [5.41, 5.74) is 1.43. The van der Waals surface area contributed by atoms with Gasteiger partial charge in [0.2, 0.25) is 5.91 Å². The fourth-order valence-electron chi connectivity index (χ4n) is 4.83. The molecule has 0 aromatic heterocycles. The van der Waals surface area contributed by atoms with E-state index >= 15 is 0 Å². The van der Waals surface area contributed by atoms with Gasteiger partial charge in [-0.3, -0.25) is 4.79 Å². The van der Waals surface area contributed by atoms with E-state index in [2.05, 4.69) is 0 Å². The van der Waals surface area contributed by atoms with Crippen LogP contribution in [0.4, 0.5) is 0 Å². The number of amides is 1. The minimum absolute atomic E-state index is 0.147. The van der Waals surface area contributed by atoms with Gasteiger partial charge in [-0.05, 0) is 36.6 Å². The summed E-state index contributed by atoms with van der Waals surface area (Å²) in [6.07, 6.45) is 3.41. The van der Waals surface area contributed by atoms with E-state index in [1.807, 2.05) is 47.4 Å². The maximum absolute atomic E-state index is 13.5. The lowest BCUT2D eigenvalue weighted by atomic mass is 9.63. The Hall–Kier alpha value is -2.33. The van der Waals surface area contributed by atoms with Crippen LogP contribution in [0.1, 0.15) is 47.2 Å². The Kier molecular flexibility index (Phi) is 3.63. The van der Waals surface area contributed by atoms with Crippen LogP contribution >= 0.6 is 11.6 Å². The molecule has 2 aromatic carbocycles. The van der Waals surface area contributed by atoms with E-state index in [-0.39, 0.29) is 11.9 Å². The third kappa shape index (κ3) is 2.36. The number of esters is 1. The van der Waals surface area contributed by atoms with Crippen molar-refractivity contribution in [2.75, 3.05) is 13.1 Å². The zero-order valence-corrected chi connectivity index (χ0v) is 15.7. The molecule has 138 valence electrons. The highest BCUT2D eigenvalue weighted by Gasteiger charge is 2.55. The van der Waals surface area contributed by atoms with Gasteiger partial charge in [0.1, 0.15) is 0 Å². The molecule has 5 heteroatoms. The fourth-order valence-corrected chi connectivity index (χ4v) is 4.96. The van der Waals surface area contributed by atoms with Crippen LogP contribution in [-0.2, 0) is 20.5 Å². The van der Waals surface area contributed by atoms with Crippen molar-refractivity contribution in [2.24, 2.45) is 0 Å². The van der Waals surface area contributed by atoms with Crippen LogP contribution < -0.4 is 0 Å². The van der Waals surface area contributed by atoms with Crippen LogP contribution in [0.15, 0.2) is 48.5 Å². The number of hydrogen-bond donors (Lipinski definition) is 0. The highest BCUT2D eigenvalue weighted by molar-refractivity contribution is 6.30. The molecule has 1 saturated carbocycles. The minimum Gasteiger partial charge on any atom is -0.449 e. The molecule has 0 radical (unpaired) electrons. The number of likely N-dealkylation sites (tertiary alicyclic amines) is 1. The molecular weight excluding hydrogens is 362 g/mol. The Balaban J connectivity index is 1.44. The first-order chi connectivity index (χ1) is 13.0. The lowest BCUT2D eigenvalue weighted by molar-refractivity contribution is -0.140. The zero-order valence-electron chi connectivity index (χ0n) is 14.9. The molecule has 0 bridgehead atoms. The predicted molar refractivity (Wildman–Crippen MR) is 102 cm³/mol. The van der Waals surface area contributed by atoms with Crippen LogP contribution in [0.2, 0.25) is 5.02 Å². The van der Waals surface area contributed by atoms with E-state index < -0.39 is 11.0 Å². The Bertz CT molecular complexity index is 935. The molecule has 1 aliphatic carbocycles. The van der Waals surface area contributed by atoms with Crippen LogP contribution in [0.5, 0.6) is 0 Å². The van der Waals surface area contributed by atoms with Gasteiger partial charge in [-0.25, -0.2) is 4.79 Å². The van der Waals surface area contributed by atoms with Gasteiger partial charge < -0.3 is 9.64 Å². The van der Waals surface area contributed by atoms with Crippen molar-refractivity contribution >= 4 is 23.5 Å². The van der Waals surface area contributed by atoms with Gasteiger partial charge in [0.25, 0.3) is 0 Å². The van der Waals surface area contributed by atoms with E-state index in [0.29, 0.717) is 30.1 Å². The molecule has 2 fully saturated rings. The first-order valence-corrected chi connectivity index (χ1v) is 9.80. The van der Waals surface area contributed by atoms with E-state index in [1.54, 1.807) is 6.07 Å². The molecule has 2 aromatic rings. The van der Waals surface area contributed by atoms with Crippen molar-refractivity contribution in [1.29, 1.82) is 0 Å². The number of benzene rings is 2. The number of fused-ring (bicyclic) bond motifs is 2. The molecule has 3 aliphatic rings. The van der Waals surface area contributed by atoms with Crippen molar-refractivity contribution in [3.05, 3.63) is 70.2 Å². The molecule has 4 nitrogen and oxygen atoms in total. The number of hydrogen-bond acceptors (Lipinski definition) is 3. The zero-order chi connectivity index (χ0) is 18.6. The molecule has 27 heavy (non-hydrogen) atoms. The summed E-state index contributed by atoms with van der Waals surface area (Å²) in [6.45, 7) is 1.04. The molecule has 2 heterocycles. The molecule has 1 amide bonds. The molecule has 1 saturated heterocycles. The monoisotopic (exact) mass is 381 g/mol. The van der Waals surface area contributed by atoms with E-state index in [1.165, 1.54) is 0 Å². The summed E-state index contributed by atoms with van der Waals surface area (Å²) >= 11 is 6.03. The molecule has 0 unspecified atom stereocenters. The highest BCUT2D eigenvalue weighted by atomic mass is 35.5. The first kappa shape index (κ1) is 16.8. The van der Waals surface area contributed by atoms with Gasteiger partial charge in [-0.1, -0.05) is 48.4 Å². The van der Waals surface area contributed by atoms with Crippen LogP contribution in [0.25, 0.3) is 0 Å². The molecular formula is C22H20ClNO3. The van der Waals surface area contributed by atoms with Crippen LogP contribution in [-0.4, -0.2) is 29.9 Å². The van der Waals surface area contributed by atoms with E-state index in [4.69, 9.17) is 16.3 Å². The minimum atomic E-state index is -0.686. The lowest BCUT2D eigenvalue weighted by Gasteiger charge is -2.43. The van der Waals surface area contributed by atoms with Gasteiger partial charge in [0, 0.05) is 23.6 Å².